The van der Waals surface area contributed by atoms with E-state index in [9.17, 15) is 14.9 Å². The van der Waals surface area contributed by atoms with Gasteiger partial charge in [0.1, 0.15) is 5.92 Å². The maximum Gasteiger partial charge on any atom is 0.277 e. The van der Waals surface area contributed by atoms with Crippen molar-refractivity contribution in [3.63, 3.8) is 0 Å². The molecule has 1 aliphatic rings. The summed E-state index contributed by atoms with van der Waals surface area (Å²) in [5.41, 5.74) is 7.24. The molecule has 3 N–H and O–H groups in total. The van der Waals surface area contributed by atoms with Crippen molar-refractivity contribution >= 4 is 5.91 Å². The normalized spacial score (nSPS) is 18.8. The van der Waals surface area contributed by atoms with Gasteiger partial charge in [0, 0.05) is 5.70 Å². The molecule has 0 spiro atoms. The monoisotopic (exact) mass is 273 g/mol. The van der Waals surface area contributed by atoms with Crippen LogP contribution in [0, 0.1) is 10.1 Å². The van der Waals surface area contributed by atoms with Crippen molar-refractivity contribution in [1.82, 2.24) is 5.32 Å². The van der Waals surface area contributed by atoms with Crippen molar-refractivity contribution in [2.45, 2.75) is 19.8 Å². The quantitative estimate of drug-likeness (QED) is 0.646. The Morgan fingerprint density at radius 1 is 1.25 bits per heavy atom. The predicted octanol–water partition coefficient (Wildman–Crippen LogP) is 1.64. The highest BCUT2D eigenvalue weighted by Gasteiger charge is 2.39. The molecule has 0 aliphatic carbocycles. The number of benzene rings is 1. The summed E-state index contributed by atoms with van der Waals surface area (Å²) in [7, 11) is 0. The van der Waals surface area contributed by atoms with Gasteiger partial charge in [-0.05, 0) is 19.4 Å². The van der Waals surface area contributed by atoms with Gasteiger partial charge in [-0.2, -0.15) is 0 Å². The number of amides is 1. The molecule has 1 heterocycles. The lowest BCUT2D eigenvalue weighted by Gasteiger charge is -2.25. The minimum atomic E-state index is -0.745. The van der Waals surface area contributed by atoms with E-state index < -0.39 is 16.7 Å². The van der Waals surface area contributed by atoms with Gasteiger partial charge in [0.2, 0.25) is 5.91 Å². The van der Waals surface area contributed by atoms with Gasteiger partial charge in [0.15, 0.2) is 0 Å². The zero-order valence-corrected chi connectivity index (χ0v) is 11.2. The highest BCUT2D eigenvalue weighted by atomic mass is 16.6. The van der Waals surface area contributed by atoms with Crippen molar-refractivity contribution in [2.75, 3.05) is 0 Å². The predicted molar refractivity (Wildman–Crippen MR) is 73.9 cm³/mol. The van der Waals surface area contributed by atoms with E-state index in [4.69, 9.17) is 5.73 Å². The van der Waals surface area contributed by atoms with Crippen LogP contribution in [0.4, 0.5) is 0 Å². The number of allylic oxidation sites excluding steroid dienone is 3. The van der Waals surface area contributed by atoms with E-state index in [0.717, 1.165) is 0 Å². The topological polar surface area (TPSA) is 98.3 Å². The second-order valence-electron chi connectivity index (χ2n) is 4.64. The Bertz CT molecular complexity index is 596. The lowest BCUT2D eigenvalue weighted by molar-refractivity contribution is -0.431. The van der Waals surface area contributed by atoms with Gasteiger partial charge < -0.3 is 11.1 Å². The largest absolute Gasteiger partial charge is 0.366 e. The van der Waals surface area contributed by atoms with Gasteiger partial charge in [-0.1, -0.05) is 30.3 Å². The van der Waals surface area contributed by atoms with Gasteiger partial charge in [0.05, 0.1) is 16.2 Å². The highest BCUT2D eigenvalue weighted by molar-refractivity contribution is 5.95. The van der Waals surface area contributed by atoms with Crippen LogP contribution in [-0.2, 0) is 4.79 Å². The fourth-order valence-corrected chi connectivity index (χ4v) is 2.52. The molecule has 0 saturated carbocycles. The molecule has 20 heavy (non-hydrogen) atoms. The van der Waals surface area contributed by atoms with Gasteiger partial charge in [-0.25, -0.2) is 0 Å². The third-order valence-electron chi connectivity index (χ3n) is 3.32. The molecule has 0 radical (unpaired) electrons. The maximum absolute atomic E-state index is 11.7. The number of nitrogens with zero attached hydrogens (tertiary/aromatic N) is 1. The minimum absolute atomic E-state index is 0.0457. The van der Waals surface area contributed by atoms with Crippen LogP contribution in [0.1, 0.15) is 25.3 Å². The molecule has 104 valence electrons. The second-order valence-corrected chi connectivity index (χ2v) is 4.64. The molecule has 1 aromatic carbocycles. The van der Waals surface area contributed by atoms with E-state index >= 15 is 0 Å². The summed E-state index contributed by atoms with van der Waals surface area (Å²) < 4.78 is 0. The third-order valence-corrected chi connectivity index (χ3v) is 3.32. The van der Waals surface area contributed by atoms with Crippen LogP contribution < -0.4 is 11.1 Å². The van der Waals surface area contributed by atoms with E-state index in [2.05, 4.69) is 5.32 Å². The zero-order valence-electron chi connectivity index (χ0n) is 11.2. The number of primary amides is 1. The van der Waals surface area contributed by atoms with Crippen LogP contribution in [-0.4, -0.2) is 10.8 Å². The van der Waals surface area contributed by atoms with Crippen LogP contribution in [0.2, 0.25) is 0 Å². The van der Waals surface area contributed by atoms with Crippen LogP contribution in [0.5, 0.6) is 0 Å². The van der Waals surface area contributed by atoms with Gasteiger partial charge in [-0.3, -0.25) is 14.9 Å². The summed E-state index contributed by atoms with van der Waals surface area (Å²) in [6, 6.07) is 8.87. The maximum atomic E-state index is 11.7. The first-order chi connectivity index (χ1) is 9.43. The first-order valence-corrected chi connectivity index (χ1v) is 6.11. The van der Waals surface area contributed by atoms with Crippen LogP contribution >= 0.6 is 0 Å². The summed E-state index contributed by atoms with van der Waals surface area (Å²) in [5.74, 6) is -1.40. The first-order valence-electron chi connectivity index (χ1n) is 6.11. The Kier molecular flexibility index (Phi) is 3.56. The Labute approximate surface area is 116 Å². The standard InChI is InChI=1S/C14H15N3O3/c1-8-11(14(15)18)12(10-6-4-3-5-7-10)13(17(19)20)9(2)16-8/h3-7,12,16H,1-2H3,(H2,15,18). The van der Waals surface area contributed by atoms with Crippen molar-refractivity contribution in [2.24, 2.45) is 5.73 Å². The summed E-state index contributed by atoms with van der Waals surface area (Å²) in [6.45, 7) is 3.31. The summed E-state index contributed by atoms with van der Waals surface area (Å²) in [5, 5.41) is 14.2. The van der Waals surface area contributed by atoms with Gasteiger partial charge in [0.25, 0.3) is 5.70 Å². The molecule has 1 unspecified atom stereocenters. The number of rotatable bonds is 3. The average molecular weight is 273 g/mol. The molecule has 6 heteroatoms. The number of carbonyl (C=O) groups is 1. The summed E-state index contributed by atoms with van der Waals surface area (Å²) in [6.07, 6.45) is 0. The summed E-state index contributed by atoms with van der Waals surface area (Å²) in [4.78, 5) is 22.6. The Morgan fingerprint density at radius 2 is 1.85 bits per heavy atom. The molecule has 0 saturated heterocycles. The molecule has 0 bridgehead atoms. The lowest BCUT2D eigenvalue weighted by Crippen LogP contribution is -2.33. The van der Waals surface area contributed by atoms with Crippen molar-refractivity contribution in [3.05, 3.63) is 68.7 Å². The molecule has 1 atom stereocenters. The Balaban J connectivity index is 2.67. The molecule has 1 amide bonds. The molecule has 1 aliphatic heterocycles. The second kappa shape index (κ2) is 5.16. The Hall–Kier alpha value is -2.63. The number of hydrogen-bond acceptors (Lipinski definition) is 4. The zero-order chi connectivity index (χ0) is 14.9. The van der Waals surface area contributed by atoms with E-state index in [1.165, 1.54) is 0 Å². The number of nitrogens with two attached hydrogens (primary N) is 1. The lowest BCUT2D eigenvalue weighted by atomic mass is 9.84. The average Bonchev–Trinajstić information content (AvgIpc) is 2.37. The molecular formula is C14H15N3O3. The first kappa shape index (κ1) is 13.8. The molecule has 0 aromatic heterocycles. The Morgan fingerprint density at radius 3 is 2.35 bits per heavy atom. The van der Waals surface area contributed by atoms with Gasteiger partial charge >= 0.3 is 0 Å². The van der Waals surface area contributed by atoms with Gasteiger partial charge in [-0.15, -0.1) is 0 Å². The third kappa shape index (κ3) is 2.27. The fraction of sp³-hybridized carbons (Fsp3) is 0.214. The number of nitro groups is 1. The van der Waals surface area contributed by atoms with E-state index in [1.807, 2.05) is 6.07 Å². The molecule has 0 fully saturated rings. The van der Waals surface area contributed by atoms with E-state index in [-0.39, 0.29) is 11.3 Å². The number of hydrogen-bond donors (Lipinski definition) is 2. The van der Waals surface area contributed by atoms with Crippen LogP contribution in [0.15, 0.2) is 53.0 Å². The number of nitrogens with one attached hydrogen (secondary N) is 1. The van der Waals surface area contributed by atoms with E-state index in [0.29, 0.717) is 17.0 Å². The number of dihydropyridines is 1. The SMILES string of the molecule is CC1=C(C(N)=O)C(c2ccccc2)C([N+](=O)[O-])=C(C)N1. The molecule has 1 aromatic rings. The van der Waals surface area contributed by atoms with E-state index in [1.54, 1.807) is 38.1 Å². The smallest absolute Gasteiger partial charge is 0.277 e. The van der Waals surface area contributed by atoms with Crippen LogP contribution in [0.25, 0.3) is 0 Å². The van der Waals surface area contributed by atoms with Crippen molar-refractivity contribution < 1.29 is 9.72 Å². The molecule has 6 nitrogen and oxygen atoms in total. The van der Waals surface area contributed by atoms with Crippen molar-refractivity contribution in [1.29, 1.82) is 0 Å². The minimum Gasteiger partial charge on any atom is -0.366 e. The molecular weight excluding hydrogens is 258 g/mol. The van der Waals surface area contributed by atoms with Crippen LogP contribution in [0.3, 0.4) is 0 Å². The molecule has 2 rings (SSSR count). The number of carbonyl (C=O) groups excluding carboxylic acids is 1. The summed E-state index contributed by atoms with van der Waals surface area (Å²) >= 11 is 0. The fourth-order valence-electron chi connectivity index (χ4n) is 2.52. The van der Waals surface area contributed by atoms with Crippen molar-refractivity contribution in [3.8, 4) is 0 Å². The highest BCUT2D eigenvalue weighted by Crippen LogP contribution is 2.37.